The van der Waals surface area contributed by atoms with E-state index in [0.717, 1.165) is 17.1 Å². The number of hydrogen-bond donors (Lipinski definition) is 0. The van der Waals surface area contributed by atoms with Gasteiger partial charge in [-0.1, -0.05) is 234 Å². The van der Waals surface area contributed by atoms with Crippen molar-refractivity contribution in [2.45, 2.75) is 157 Å². The molecule has 2 aliphatic rings. The van der Waals surface area contributed by atoms with Gasteiger partial charge < -0.3 is 14.4 Å². The minimum absolute atomic E-state index is 0.00913. The lowest BCUT2D eigenvalue weighted by Crippen LogP contribution is -2.61. The predicted octanol–water partition coefficient (Wildman–Crippen LogP) is 20.0. The summed E-state index contributed by atoms with van der Waals surface area (Å²) in [6, 6.07) is 71.3. The maximum absolute atomic E-state index is 2.68. The van der Waals surface area contributed by atoms with E-state index >= 15 is 0 Å². The van der Waals surface area contributed by atoms with E-state index in [9.17, 15) is 0 Å². The van der Waals surface area contributed by atoms with Gasteiger partial charge in [0.15, 0.2) is 0 Å². The van der Waals surface area contributed by atoms with Crippen LogP contribution in [0, 0.1) is 0 Å². The third-order valence-electron chi connectivity index (χ3n) is 17.9. The zero-order chi connectivity index (χ0) is 58.4. The van der Waals surface area contributed by atoms with Gasteiger partial charge in [0.2, 0.25) is 0 Å². The second-order valence-corrected chi connectivity index (χ2v) is 30.0. The van der Waals surface area contributed by atoms with Crippen molar-refractivity contribution in [3.05, 3.63) is 215 Å². The van der Waals surface area contributed by atoms with E-state index < -0.39 is 0 Å². The highest BCUT2D eigenvalue weighted by Gasteiger charge is 2.45. The molecule has 0 unspecified atom stereocenters. The minimum atomic E-state index is -0.117. The zero-order valence-electron chi connectivity index (χ0n) is 52.2. The second kappa shape index (κ2) is 19.0. The normalized spacial score (nSPS) is 13.9. The molecule has 82 heavy (non-hydrogen) atoms. The molecule has 12 rings (SSSR count). The lowest BCUT2D eigenvalue weighted by molar-refractivity contribution is 0.590. The van der Waals surface area contributed by atoms with Crippen LogP contribution >= 0.6 is 0 Å². The Morgan fingerprint density at radius 1 is 0.280 bits per heavy atom. The van der Waals surface area contributed by atoms with Crippen LogP contribution in [0.1, 0.15) is 158 Å². The first-order valence-corrected chi connectivity index (χ1v) is 30.0. The van der Waals surface area contributed by atoms with E-state index in [1.165, 1.54) is 117 Å². The fourth-order valence-electron chi connectivity index (χ4n) is 12.9. The highest BCUT2D eigenvalue weighted by Crippen LogP contribution is 2.51. The van der Waals surface area contributed by atoms with Gasteiger partial charge in [-0.3, -0.25) is 0 Å². The molecule has 0 saturated carbocycles. The van der Waals surface area contributed by atoms with Crippen LogP contribution in [0.5, 0.6) is 0 Å². The van der Waals surface area contributed by atoms with Crippen LogP contribution in [-0.2, 0) is 32.5 Å². The summed E-state index contributed by atoms with van der Waals surface area (Å²) in [5.41, 5.74) is 27.0. The van der Waals surface area contributed by atoms with Crippen molar-refractivity contribution in [3.63, 3.8) is 0 Å². The van der Waals surface area contributed by atoms with Crippen LogP contribution in [0.4, 0.5) is 34.1 Å². The maximum atomic E-state index is 2.68. The molecule has 9 aromatic carbocycles. The molecule has 0 aliphatic carbocycles. The van der Waals surface area contributed by atoms with Crippen molar-refractivity contribution in [2.75, 3.05) is 9.80 Å². The third kappa shape index (κ3) is 9.39. The molecule has 0 atom stereocenters. The molecule has 0 radical (unpaired) electrons. The summed E-state index contributed by atoms with van der Waals surface area (Å²) < 4.78 is 2.68. The molecule has 4 heteroatoms. The van der Waals surface area contributed by atoms with E-state index in [4.69, 9.17) is 0 Å². The first kappa shape index (κ1) is 55.0. The van der Waals surface area contributed by atoms with Crippen molar-refractivity contribution in [3.8, 4) is 27.9 Å². The zero-order valence-corrected chi connectivity index (χ0v) is 52.2. The van der Waals surface area contributed by atoms with E-state index in [-0.39, 0.29) is 39.2 Å². The van der Waals surface area contributed by atoms with Crippen molar-refractivity contribution in [1.29, 1.82) is 0 Å². The van der Waals surface area contributed by atoms with Gasteiger partial charge in [-0.25, -0.2) is 0 Å². The van der Waals surface area contributed by atoms with Crippen molar-refractivity contribution in [1.82, 2.24) is 4.57 Å². The average Bonchev–Trinajstić information content (AvgIpc) is 3.76. The van der Waals surface area contributed by atoms with Crippen molar-refractivity contribution in [2.24, 2.45) is 0 Å². The largest absolute Gasteiger partial charge is 0.311 e. The number of hydrogen-bond acceptors (Lipinski definition) is 2. The molecule has 0 spiro atoms. The number of aromatic nitrogens is 1. The molecular formula is C78H84BN3. The van der Waals surface area contributed by atoms with Crippen molar-refractivity contribution < 1.29 is 0 Å². The van der Waals surface area contributed by atoms with Crippen molar-refractivity contribution >= 4 is 79.0 Å². The molecule has 0 N–H and O–H groups in total. The van der Waals surface area contributed by atoms with E-state index in [1.807, 2.05) is 0 Å². The van der Waals surface area contributed by atoms with Crippen LogP contribution in [0.15, 0.2) is 182 Å². The highest BCUT2D eigenvalue weighted by atomic mass is 15.2. The summed E-state index contributed by atoms with van der Waals surface area (Å²) in [5.74, 6) is 0. The fraction of sp³-hybridized carbons (Fsp3) is 0.308. The number of nitrogens with zero attached hydrogens (tertiary/aromatic N) is 3. The van der Waals surface area contributed by atoms with E-state index in [0.29, 0.717) is 0 Å². The number of benzene rings is 9. The van der Waals surface area contributed by atoms with Crippen LogP contribution in [0.2, 0.25) is 0 Å². The molecule has 0 bridgehead atoms. The van der Waals surface area contributed by atoms with Gasteiger partial charge in [0.05, 0.1) is 16.7 Å². The summed E-state index contributed by atoms with van der Waals surface area (Å²) in [4.78, 5) is 5.23. The molecule has 2 aliphatic heterocycles. The van der Waals surface area contributed by atoms with Gasteiger partial charge in [-0.15, -0.1) is 0 Å². The third-order valence-corrected chi connectivity index (χ3v) is 17.9. The van der Waals surface area contributed by atoms with E-state index in [2.05, 4.69) is 321 Å². The summed E-state index contributed by atoms with van der Waals surface area (Å²) in [6.45, 7) is 42.1. The minimum Gasteiger partial charge on any atom is -0.311 e. The Morgan fingerprint density at radius 2 is 0.610 bits per heavy atom. The van der Waals surface area contributed by atoms with Gasteiger partial charge in [0, 0.05) is 56.0 Å². The van der Waals surface area contributed by atoms with Crippen LogP contribution < -0.4 is 26.2 Å². The molecule has 3 heterocycles. The van der Waals surface area contributed by atoms with E-state index in [1.54, 1.807) is 0 Å². The first-order chi connectivity index (χ1) is 38.5. The smallest absolute Gasteiger partial charge is 0.252 e. The number of anilines is 6. The number of rotatable bonds is 5. The second-order valence-electron chi connectivity index (χ2n) is 30.0. The molecule has 0 amide bonds. The molecule has 1 aromatic heterocycles. The lowest BCUT2D eigenvalue weighted by Gasteiger charge is -2.45. The van der Waals surface area contributed by atoms with Gasteiger partial charge in [-0.05, 0) is 166 Å². The number of fused-ring (bicyclic) bond motifs is 7. The van der Waals surface area contributed by atoms with Gasteiger partial charge >= 0.3 is 0 Å². The fourth-order valence-corrected chi connectivity index (χ4v) is 12.9. The van der Waals surface area contributed by atoms with Gasteiger partial charge in [0.1, 0.15) is 0 Å². The Balaban J connectivity index is 1.31. The average molecular weight is 1070 g/mol. The standard InChI is InChI=1S/C78H84BN3/c1-73(2,3)51-29-35-57(36-30-51)80-66-39-33-53(75(7,8)9)45-64(66)79-65-46-54(76(10,11)12)34-40-67(65)81(58-37-31-52(32-38-58)74(4,5)6)69-48-59(47-68(80)70(69)79)82-71-60(49-25-21-19-22-26-49)41-55(77(13,14)15)43-62(71)63-44-56(78(16,17)18)42-61(72(63)82)50-27-23-20-24-28-50/h19-48H,1-18H3. The molecule has 0 fully saturated rings. The maximum Gasteiger partial charge on any atom is 0.252 e. The quantitative estimate of drug-likeness (QED) is 0.159. The topological polar surface area (TPSA) is 11.4 Å². The lowest BCUT2D eigenvalue weighted by atomic mass is 9.33. The Bertz CT molecular complexity index is 3850. The van der Waals surface area contributed by atoms with Gasteiger partial charge in [-0.2, -0.15) is 0 Å². The first-order valence-electron chi connectivity index (χ1n) is 30.0. The Hall–Kier alpha value is -7.56. The Labute approximate surface area is 491 Å². The Kier molecular flexibility index (Phi) is 12.7. The summed E-state index contributed by atoms with van der Waals surface area (Å²) in [5, 5.41) is 2.52. The van der Waals surface area contributed by atoms with Crippen LogP contribution in [0.3, 0.4) is 0 Å². The van der Waals surface area contributed by atoms with Crippen LogP contribution in [0.25, 0.3) is 49.7 Å². The summed E-state index contributed by atoms with van der Waals surface area (Å²) in [6.07, 6.45) is 0. The molecule has 3 nitrogen and oxygen atoms in total. The molecular weight excluding hydrogens is 990 g/mol. The monoisotopic (exact) mass is 1070 g/mol. The highest BCUT2D eigenvalue weighted by molar-refractivity contribution is 7.00. The van der Waals surface area contributed by atoms with Gasteiger partial charge in [0.25, 0.3) is 6.71 Å². The molecule has 10 aromatic rings. The van der Waals surface area contributed by atoms with Crippen LogP contribution in [-0.4, -0.2) is 11.3 Å². The Morgan fingerprint density at radius 3 is 0.939 bits per heavy atom. The molecule has 414 valence electrons. The predicted molar refractivity (Wildman–Crippen MR) is 358 cm³/mol. The summed E-state index contributed by atoms with van der Waals surface area (Å²) in [7, 11) is 0. The summed E-state index contributed by atoms with van der Waals surface area (Å²) >= 11 is 0. The SMILES string of the molecule is CC(C)(C)c1ccc(N2c3ccc(C(C)(C)C)cc3B3c4cc(C(C)(C)C)ccc4N(c4ccc(C(C)(C)C)cc4)c4cc(-n5c6c(-c7ccccc7)cc(C(C)(C)C)cc6c6cc(C(C)(C)C)cc(-c7ccccc7)c65)cc2c43)cc1. The molecule has 0 saturated heterocycles.